The summed E-state index contributed by atoms with van der Waals surface area (Å²) in [7, 11) is 0. The zero-order valence-electron chi connectivity index (χ0n) is 13.6. The van der Waals surface area contributed by atoms with E-state index in [0.29, 0.717) is 5.89 Å². The van der Waals surface area contributed by atoms with E-state index in [-0.39, 0.29) is 17.7 Å². The maximum Gasteiger partial charge on any atom is 0.228 e. The zero-order chi connectivity index (χ0) is 16.7. The summed E-state index contributed by atoms with van der Waals surface area (Å²) < 4.78 is 11.0. The summed E-state index contributed by atoms with van der Waals surface area (Å²) in [5.41, 5.74) is 2.55. The fourth-order valence-corrected chi connectivity index (χ4v) is 2.83. The summed E-state index contributed by atoms with van der Waals surface area (Å²) in [6, 6.07) is 11.3. The van der Waals surface area contributed by atoms with Gasteiger partial charge >= 0.3 is 0 Å². The lowest BCUT2D eigenvalue weighted by molar-refractivity contribution is -0.117. The van der Waals surface area contributed by atoms with E-state index in [1.807, 2.05) is 50.2 Å². The highest BCUT2D eigenvalue weighted by molar-refractivity contribution is 5.95. The Morgan fingerprint density at radius 2 is 2.00 bits per heavy atom. The number of aryl methyl sites for hydroxylation is 2. The molecule has 1 amide bonds. The van der Waals surface area contributed by atoms with E-state index in [9.17, 15) is 4.79 Å². The number of furan rings is 1. The maximum atomic E-state index is 12.3. The van der Waals surface area contributed by atoms with Crippen LogP contribution in [0.2, 0.25) is 0 Å². The van der Waals surface area contributed by atoms with Gasteiger partial charge in [0.25, 0.3) is 0 Å². The average molecular weight is 322 g/mol. The minimum Gasteiger partial charge on any atom is -0.469 e. The number of carbonyl (C=O) groups is 1. The Bertz CT molecular complexity index is 843. The van der Waals surface area contributed by atoms with Crippen molar-refractivity contribution in [3.05, 3.63) is 59.9 Å². The van der Waals surface area contributed by atoms with E-state index < -0.39 is 0 Å². The molecule has 2 aromatic heterocycles. The van der Waals surface area contributed by atoms with Crippen LogP contribution in [0.3, 0.4) is 0 Å². The largest absolute Gasteiger partial charge is 0.469 e. The Hall–Kier alpha value is -2.82. The second-order valence-corrected chi connectivity index (χ2v) is 6.19. The van der Waals surface area contributed by atoms with Crippen molar-refractivity contribution in [3.8, 4) is 11.5 Å². The third-order valence-electron chi connectivity index (χ3n) is 4.46. The molecule has 3 aromatic rings. The summed E-state index contributed by atoms with van der Waals surface area (Å²) in [5, 5.41) is 2.96. The molecule has 24 heavy (non-hydrogen) atoms. The number of aromatic nitrogens is 1. The van der Waals surface area contributed by atoms with Gasteiger partial charge in [-0.3, -0.25) is 4.79 Å². The molecule has 2 heterocycles. The Labute approximate surface area is 139 Å². The van der Waals surface area contributed by atoms with Gasteiger partial charge < -0.3 is 14.2 Å². The molecule has 4 rings (SSSR count). The number of hydrogen-bond acceptors (Lipinski definition) is 4. The SMILES string of the molecule is Cc1nc(-c2ccc(NC(=O)[C@@H]3C[C@@H]3c3ccco3)cc2)oc1C. The number of carbonyl (C=O) groups excluding carboxylic acids is 1. The predicted molar refractivity (Wildman–Crippen MR) is 89.6 cm³/mol. The molecular formula is C19H18N2O3. The number of amides is 1. The van der Waals surface area contributed by atoms with Crippen LogP contribution in [0.15, 0.2) is 51.5 Å². The molecule has 2 atom stereocenters. The van der Waals surface area contributed by atoms with Crippen molar-refractivity contribution in [1.29, 1.82) is 0 Å². The maximum absolute atomic E-state index is 12.3. The number of nitrogens with zero attached hydrogens (tertiary/aromatic N) is 1. The normalized spacial score (nSPS) is 19.2. The van der Waals surface area contributed by atoms with Gasteiger partial charge in [-0.25, -0.2) is 4.98 Å². The molecule has 122 valence electrons. The van der Waals surface area contributed by atoms with Crippen LogP contribution in [0, 0.1) is 19.8 Å². The molecule has 0 saturated heterocycles. The molecule has 0 aliphatic heterocycles. The average Bonchev–Trinajstić information content (AvgIpc) is 3.05. The van der Waals surface area contributed by atoms with Gasteiger partial charge in [0.05, 0.1) is 12.0 Å². The number of oxazole rings is 1. The molecule has 1 aliphatic rings. The fourth-order valence-electron chi connectivity index (χ4n) is 2.83. The molecule has 5 nitrogen and oxygen atoms in total. The quantitative estimate of drug-likeness (QED) is 0.778. The summed E-state index contributed by atoms with van der Waals surface area (Å²) in [5.74, 6) is 2.54. The van der Waals surface area contributed by atoms with E-state index in [4.69, 9.17) is 8.83 Å². The van der Waals surface area contributed by atoms with E-state index >= 15 is 0 Å². The van der Waals surface area contributed by atoms with Crippen molar-refractivity contribution >= 4 is 11.6 Å². The van der Waals surface area contributed by atoms with Crippen molar-refractivity contribution < 1.29 is 13.6 Å². The number of rotatable bonds is 4. The van der Waals surface area contributed by atoms with Gasteiger partial charge in [0.1, 0.15) is 11.5 Å². The van der Waals surface area contributed by atoms with Crippen molar-refractivity contribution in [3.63, 3.8) is 0 Å². The van der Waals surface area contributed by atoms with Crippen molar-refractivity contribution in [1.82, 2.24) is 4.98 Å². The van der Waals surface area contributed by atoms with Crippen LogP contribution in [-0.2, 0) is 4.79 Å². The highest BCUT2D eigenvalue weighted by Gasteiger charge is 2.45. The minimum absolute atomic E-state index is 0.00661. The molecule has 1 saturated carbocycles. The molecule has 0 bridgehead atoms. The van der Waals surface area contributed by atoms with Crippen molar-refractivity contribution in [2.45, 2.75) is 26.2 Å². The van der Waals surface area contributed by atoms with E-state index in [1.165, 1.54) is 0 Å². The number of anilines is 1. The third-order valence-corrected chi connectivity index (χ3v) is 4.46. The standard InChI is InChI=1S/C19H18N2O3/c1-11-12(2)24-19(20-11)13-5-7-14(8-6-13)21-18(22)16-10-15(16)17-4-3-9-23-17/h3-9,15-16H,10H2,1-2H3,(H,21,22)/t15-,16+/m0/s1. The van der Waals surface area contributed by atoms with E-state index in [0.717, 1.165) is 34.9 Å². The lowest BCUT2D eigenvalue weighted by Crippen LogP contribution is -2.14. The molecule has 1 fully saturated rings. The fraction of sp³-hybridized carbons (Fsp3) is 0.263. The van der Waals surface area contributed by atoms with Crippen molar-refractivity contribution in [2.75, 3.05) is 5.32 Å². The van der Waals surface area contributed by atoms with Gasteiger partial charge in [0.15, 0.2) is 0 Å². The number of hydrogen-bond donors (Lipinski definition) is 1. The van der Waals surface area contributed by atoms with Gasteiger partial charge in [0.2, 0.25) is 11.8 Å². The highest BCUT2D eigenvalue weighted by atomic mass is 16.4. The first kappa shape index (κ1) is 14.8. The lowest BCUT2D eigenvalue weighted by Gasteiger charge is -2.05. The van der Waals surface area contributed by atoms with Gasteiger partial charge in [0, 0.05) is 23.1 Å². The van der Waals surface area contributed by atoms with Gasteiger partial charge in [-0.15, -0.1) is 0 Å². The molecular weight excluding hydrogens is 304 g/mol. The van der Waals surface area contributed by atoms with Crippen LogP contribution in [0.1, 0.15) is 29.6 Å². The topological polar surface area (TPSA) is 68.3 Å². The first-order valence-corrected chi connectivity index (χ1v) is 8.00. The molecule has 1 aromatic carbocycles. The second kappa shape index (κ2) is 5.67. The van der Waals surface area contributed by atoms with E-state index in [2.05, 4.69) is 10.3 Å². The summed E-state index contributed by atoms with van der Waals surface area (Å²) in [6.07, 6.45) is 2.49. The van der Waals surface area contributed by atoms with Gasteiger partial charge in [-0.2, -0.15) is 0 Å². The van der Waals surface area contributed by atoms with Crippen LogP contribution in [0.4, 0.5) is 5.69 Å². The highest BCUT2D eigenvalue weighted by Crippen LogP contribution is 2.48. The molecule has 0 unspecified atom stereocenters. The zero-order valence-corrected chi connectivity index (χ0v) is 13.6. The molecule has 5 heteroatoms. The van der Waals surface area contributed by atoms with Crippen molar-refractivity contribution in [2.24, 2.45) is 5.92 Å². The Morgan fingerprint density at radius 3 is 2.62 bits per heavy atom. The monoisotopic (exact) mass is 322 g/mol. The Kier molecular flexibility index (Phi) is 3.49. The Morgan fingerprint density at radius 1 is 1.21 bits per heavy atom. The van der Waals surface area contributed by atoms with Crippen LogP contribution in [0.25, 0.3) is 11.5 Å². The lowest BCUT2D eigenvalue weighted by atomic mass is 10.2. The number of nitrogens with one attached hydrogen (secondary N) is 1. The number of benzene rings is 1. The summed E-state index contributed by atoms with van der Waals surface area (Å²) in [4.78, 5) is 16.7. The van der Waals surface area contributed by atoms with Crippen LogP contribution in [-0.4, -0.2) is 10.9 Å². The molecule has 0 radical (unpaired) electrons. The van der Waals surface area contributed by atoms with Gasteiger partial charge in [-0.1, -0.05) is 0 Å². The first-order chi connectivity index (χ1) is 11.6. The van der Waals surface area contributed by atoms with E-state index in [1.54, 1.807) is 6.26 Å². The molecule has 1 N–H and O–H groups in total. The smallest absolute Gasteiger partial charge is 0.228 e. The second-order valence-electron chi connectivity index (χ2n) is 6.19. The summed E-state index contributed by atoms with van der Waals surface area (Å²) >= 11 is 0. The predicted octanol–water partition coefficient (Wildman–Crippen LogP) is 4.29. The minimum atomic E-state index is -0.00661. The third kappa shape index (κ3) is 2.73. The van der Waals surface area contributed by atoms with Crippen LogP contribution in [0.5, 0.6) is 0 Å². The van der Waals surface area contributed by atoms with Gasteiger partial charge in [-0.05, 0) is 56.7 Å². The van der Waals surface area contributed by atoms with Crippen LogP contribution >= 0.6 is 0 Å². The Balaban J connectivity index is 1.41. The van der Waals surface area contributed by atoms with Crippen LogP contribution < -0.4 is 5.32 Å². The first-order valence-electron chi connectivity index (χ1n) is 8.00. The molecule has 0 spiro atoms. The summed E-state index contributed by atoms with van der Waals surface area (Å²) in [6.45, 7) is 3.81. The molecule has 1 aliphatic carbocycles.